The monoisotopic (exact) mass is 227 g/mol. The Morgan fingerprint density at radius 3 is 2.62 bits per heavy atom. The van der Waals surface area contributed by atoms with E-state index < -0.39 is 0 Å². The molecule has 0 aliphatic carbocycles. The third kappa shape index (κ3) is 4.49. The first-order valence-electron chi connectivity index (χ1n) is 6.26. The highest BCUT2D eigenvalue weighted by Gasteiger charge is 2.19. The van der Waals surface area contributed by atoms with Gasteiger partial charge in [0.2, 0.25) is 5.91 Å². The SMILES string of the molecule is CN1CCC(CN(C)C(=O)CCCN)CC1. The summed E-state index contributed by atoms with van der Waals surface area (Å²) in [5, 5.41) is 0. The van der Waals surface area contributed by atoms with Crippen LogP contribution in [0.2, 0.25) is 0 Å². The molecule has 94 valence electrons. The topological polar surface area (TPSA) is 49.6 Å². The summed E-state index contributed by atoms with van der Waals surface area (Å²) in [6.45, 7) is 3.84. The van der Waals surface area contributed by atoms with Crippen LogP contribution in [0.5, 0.6) is 0 Å². The molecule has 4 heteroatoms. The lowest BCUT2D eigenvalue weighted by atomic mass is 9.96. The number of nitrogens with zero attached hydrogens (tertiary/aromatic N) is 2. The smallest absolute Gasteiger partial charge is 0.222 e. The molecule has 4 nitrogen and oxygen atoms in total. The van der Waals surface area contributed by atoms with Crippen LogP contribution < -0.4 is 5.73 Å². The summed E-state index contributed by atoms with van der Waals surface area (Å²) in [6, 6.07) is 0. The Labute approximate surface area is 98.8 Å². The van der Waals surface area contributed by atoms with Gasteiger partial charge in [-0.1, -0.05) is 0 Å². The molecule has 0 spiro atoms. The van der Waals surface area contributed by atoms with Crippen molar-refractivity contribution in [3.63, 3.8) is 0 Å². The van der Waals surface area contributed by atoms with Crippen LogP contribution in [-0.4, -0.2) is 56.0 Å². The van der Waals surface area contributed by atoms with E-state index in [2.05, 4.69) is 11.9 Å². The predicted molar refractivity (Wildman–Crippen MR) is 66.1 cm³/mol. The summed E-state index contributed by atoms with van der Waals surface area (Å²) in [5.74, 6) is 0.924. The number of amides is 1. The molecule has 0 aromatic rings. The van der Waals surface area contributed by atoms with Crippen LogP contribution in [0.25, 0.3) is 0 Å². The summed E-state index contributed by atoms with van der Waals surface area (Å²) in [6.07, 6.45) is 3.83. The fourth-order valence-corrected chi connectivity index (χ4v) is 2.18. The zero-order valence-electron chi connectivity index (χ0n) is 10.6. The Bertz CT molecular complexity index is 212. The Hall–Kier alpha value is -0.610. The number of rotatable bonds is 5. The highest BCUT2D eigenvalue weighted by molar-refractivity contribution is 5.75. The molecule has 1 fully saturated rings. The number of hydrogen-bond acceptors (Lipinski definition) is 3. The molecule has 0 atom stereocenters. The van der Waals surface area contributed by atoms with Crippen LogP contribution in [-0.2, 0) is 4.79 Å². The molecule has 0 aromatic heterocycles. The van der Waals surface area contributed by atoms with E-state index in [0.29, 0.717) is 18.9 Å². The number of piperidine rings is 1. The summed E-state index contributed by atoms with van der Waals surface area (Å²) in [4.78, 5) is 15.9. The molecule has 0 radical (unpaired) electrons. The molecular formula is C12H25N3O. The maximum absolute atomic E-state index is 11.7. The third-order valence-corrected chi connectivity index (χ3v) is 3.39. The molecule has 1 rings (SSSR count). The van der Waals surface area contributed by atoms with Gasteiger partial charge in [-0.05, 0) is 51.9 Å². The molecule has 1 saturated heterocycles. The molecule has 0 unspecified atom stereocenters. The molecule has 1 aliphatic heterocycles. The summed E-state index contributed by atoms with van der Waals surface area (Å²) in [5.41, 5.74) is 5.40. The third-order valence-electron chi connectivity index (χ3n) is 3.39. The predicted octanol–water partition coefficient (Wildman–Crippen LogP) is 0.526. The van der Waals surface area contributed by atoms with Gasteiger partial charge in [-0.3, -0.25) is 4.79 Å². The van der Waals surface area contributed by atoms with Crippen molar-refractivity contribution in [3.05, 3.63) is 0 Å². The van der Waals surface area contributed by atoms with Crippen molar-refractivity contribution in [1.29, 1.82) is 0 Å². The number of carbonyl (C=O) groups excluding carboxylic acids is 1. The molecule has 2 N–H and O–H groups in total. The van der Waals surface area contributed by atoms with E-state index in [-0.39, 0.29) is 5.91 Å². The van der Waals surface area contributed by atoms with Gasteiger partial charge in [-0.15, -0.1) is 0 Å². The molecule has 16 heavy (non-hydrogen) atoms. The van der Waals surface area contributed by atoms with E-state index in [0.717, 1.165) is 26.1 Å². The van der Waals surface area contributed by atoms with E-state index in [1.54, 1.807) is 0 Å². The molecule has 0 aromatic carbocycles. The maximum Gasteiger partial charge on any atom is 0.222 e. The molecule has 0 saturated carbocycles. The van der Waals surface area contributed by atoms with Crippen LogP contribution >= 0.6 is 0 Å². The zero-order chi connectivity index (χ0) is 12.0. The normalized spacial score (nSPS) is 18.7. The van der Waals surface area contributed by atoms with Crippen molar-refractivity contribution in [3.8, 4) is 0 Å². The minimum Gasteiger partial charge on any atom is -0.345 e. The fourth-order valence-electron chi connectivity index (χ4n) is 2.18. The van der Waals surface area contributed by atoms with Crippen molar-refractivity contribution in [2.75, 3.05) is 40.3 Å². The van der Waals surface area contributed by atoms with E-state index >= 15 is 0 Å². The van der Waals surface area contributed by atoms with Crippen LogP contribution in [0.4, 0.5) is 0 Å². The van der Waals surface area contributed by atoms with Crippen molar-refractivity contribution in [1.82, 2.24) is 9.80 Å². The van der Waals surface area contributed by atoms with Gasteiger partial charge in [-0.25, -0.2) is 0 Å². The lowest BCUT2D eigenvalue weighted by Crippen LogP contribution is -2.38. The van der Waals surface area contributed by atoms with Crippen LogP contribution in [0.15, 0.2) is 0 Å². The van der Waals surface area contributed by atoms with Gasteiger partial charge in [0, 0.05) is 20.0 Å². The first-order chi connectivity index (χ1) is 7.63. The Morgan fingerprint density at radius 1 is 1.44 bits per heavy atom. The number of nitrogens with two attached hydrogens (primary N) is 1. The largest absolute Gasteiger partial charge is 0.345 e. The first-order valence-corrected chi connectivity index (χ1v) is 6.26. The van der Waals surface area contributed by atoms with Gasteiger partial charge in [0.1, 0.15) is 0 Å². The van der Waals surface area contributed by atoms with Gasteiger partial charge in [0.05, 0.1) is 0 Å². The van der Waals surface area contributed by atoms with E-state index in [1.807, 2.05) is 11.9 Å². The minimum atomic E-state index is 0.240. The lowest BCUT2D eigenvalue weighted by Gasteiger charge is -2.31. The van der Waals surface area contributed by atoms with Gasteiger partial charge >= 0.3 is 0 Å². The molecule has 1 aliphatic rings. The van der Waals surface area contributed by atoms with Crippen LogP contribution in [0, 0.1) is 5.92 Å². The number of hydrogen-bond donors (Lipinski definition) is 1. The van der Waals surface area contributed by atoms with E-state index in [9.17, 15) is 4.79 Å². The van der Waals surface area contributed by atoms with Gasteiger partial charge in [0.15, 0.2) is 0 Å². The van der Waals surface area contributed by atoms with Gasteiger partial charge < -0.3 is 15.5 Å². The Kier molecular flexibility index (Phi) is 5.77. The summed E-state index contributed by atoms with van der Waals surface area (Å²) >= 11 is 0. The van der Waals surface area contributed by atoms with Crippen LogP contribution in [0.1, 0.15) is 25.7 Å². The first kappa shape index (κ1) is 13.5. The average molecular weight is 227 g/mol. The highest BCUT2D eigenvalue weighted by Crippen LogP contribution is 2.17. The molecule has 1 heterocycles. The fraction of sp³-hybridized carbons (Fsp3) is 0.917. The lowest BCUT2D eigenvalue weighted by molar-refractivity contribution is -0.130. The van der Waals surface area contributed by atoms with Gasteiger partial charge in [0.25, 0.3) is 0 Å². The number of carbonyl (C=O) groups is 1. The number of likely N-dealkylation sites (tertiary alicyclic amines) is 1. The summed E-state index contributed by atoms with van der Waals surface area (Å²) in [7, 11) is 4.07. The Morgan fingerprint density at radius 2 is 2.06 bits per heavy atom. The van der Waals surface area contributed by atoms with E-state index in [4.69, 9.17) is 5.73 Å². The van der Waals surface area contributed by atoms with Crippen LogP contribution in [0.3, 0.4) is 0 Å². The average Bonchev–Trinajstić information content (AvgIpc) is 2.29. The molecular weight excluding hydrogens is 202 g/mol. The van der Waals surface area contributed by atoms with E-state index in [1.165, 1.54) is 12.8 Å². The maximum atomic E-state index is 11.7. The molecule has 1 amide bonds. The minimum absolute atomic E-state index is 0.240. The second-order valence-electron chi connectivity index (χ2n) is 4.91. The Balaban J connectivity index is 2.22. The van der Waals surface area contributed by atoms with Gasteiger partial charge in [-0.2, -0.15) is 0 Å². The van der Waals surface area contributed by atoms with Crippen molar-refractivity contribution < 1.29 is 4.79 Å². The molecule has 0 bridgehead atoms. The summed E-state index contributed by atoms with van der Waals surface area (Å²) < 4.78 is 0. The second kappa shape index (κ2) is 6.86. The second-order valence-corrected chi connectivity index (χ2v) is 4.91. The van der Waals surface area contributed by atoms with Crippen molar-refractivity contribution >= 4 is 5.91 Å². The van der Waals surface area contributed by atoms with Crippen molar-refractivity contribution in [2.45, 2.75) is 25.7 Å². The highest BCUT2D eigenvalue weighted by atomic mass is 16.2. The van der Waals surface area contributed by atoms with Crippen molar-refractivity contribution in [2.24, 2.45) is 11.7 Å². The zero-order valence-corrected chi connectivity index (χ0v) is 10.6. The quantitative estimate of drug-likeness (QED) is 0.745. The standard InChI is InChI=1S/C12H25N3O/c1-14-8-5-11(6-9-14)10-15(2)12(16)4-3-7-13/h11H,3-10,13H2,1-2H3.